The first-order chi connectivity index (χ1) is 6.57. The molecule has 1 unspecified atom stereocenters. The molecule has 2 heterocycles. The zero-order valence-electron chi connectivity index (χ0n) is 8.96. The Hall–Kier alpha value is -0.380. The highest BCUT2D eigenvalue weighted by Crippen LogP contribution is 2.28. The number of hydrogen-bond acceptors (Lipinski definition) is 3. The molecule has 1 aromatic heterocycles. The lowest BCUT2D eigenvalue weighted by atomic mass is 10.0. The molecular formula is C11H17NOS. The number of ether oxygens (including phenoxy) is 1. The van der Waals surface area contributed by atoms with Crippen LogP contribution in [-0.4, -0.2) is 18.7 Å². The molecule has 0 spiro atoms. The van der Waals surface area contributed by atoms with Gasteiger partial charge in [0, 0.05) is 21.8 Å². The van der Waals surface area contributed by atoms with Crippen LogP contribution in [0.2, 0.25) is 0 Å². The summed E-state index contributed by atoms with van der Waals surface area (Å²) in [5, 5.41) is 3.50. The summed E-state index contributed by atoms with van der Waals surface area (Å²) < 4.78 is 5.84. The minimum atomic E-state index is 0.128. The molecule has 1 N–H and O–H groups in total. The molecule has 3 heteroatoms. The van der Waals surface area contributed by atoms with Crippen LogP contribution in [0.1, 0.15) is 29.7 Å². The van der Waals surface area contributed by atoms with Gasteiger partial charge in [0.25, 0.3) is 0 Å². The van der Waals surface area contributed by atoms with E-state index in [-0.39, 0.29) is 11.6 Å². The molecule has 1 saturated heterocycles. The van der Waals surface area contributed by atoms with Crippen molar-refractivity contribution in [3.05, 3.63) is 21.9 Å². The Morgan fingerprint density at radius 2 is 2.29 bits per heavy atom. The van der Waals surface area contributed by atoms with Gasteiger partial charge in [-0.3, -0.25) is 0 Å². The van der Waals surface area contributed by atoms with Crippen molar-refractivity contribution >= 4 is 11.3 Å². The molecule has 0 aromatic carbocycles. The lowest BCUT2D eigenvalue weighted by Gasteiger charge is -2.35. The van der Waals surface area contributed by atoms with Crippen molar-refractivity contribution in [3.63, 3.8) is 0 Å². The maximum Gasteiger partial charge on any atom is 0.104 e. The predicted molar refractivity (Wildman–Crippen MR) is 59.8 cm³/mol. The van der Waals surface area contributed by atoms with Gasteiger partial charge < -0.3 is 10.1 Å². The molecule has 2 nitrogen and oxygen atoms in total. The number of thiophene rings is 1. The van der Waals surface area contributed by atoms with Crippen LogP contribution in [-0.2, 0) is 4.74 Å². The van der Waals surface area contributed by atoms with E-state index in [1.165, 1.54) is 9.75 Å². The van der Waals surface area contributed by atoms with Gasteiger partial charge in [-0.2, -0.15) is 0 Å². The minimum absolute atomic E-state index is 0.128. The number of aryl methyl sites for hydroxylation is 1. The Kier molecular flexibility index (Phi) is 2.64. The highest BCUT2D eigenvalue weighted by molar-refractivity contribution is 7.12. The maximum absolute atomic E-state index is 5.84. The Labute approximate surface area is 89.3 Å². The van der Waals surface area contributed by atoms with E-state index in [0.29, 0.717) is 0 Å². The minimum Gasteiger partial charge on any atom is -0.369 e. The van der Waals surface area contributed by atoms with Crippen molar-refractivity contribution in [2.45, 2.75) is 32.4 Å². The summed E-state index contributed by atoms with van der Waals surface area (Å²) in [4.78, 5) is 2.69. The normalized spacial score (nSPS) is 26.4. The molecule has 1 atom stereocenters. The summed E-state index contributed by atoms with van der Waals surface area (Å²) in [5.74, 6) is 0. The molecule has 1 aliphatic heterocycles. The van der Waals surface area contributed by atoms with E-state index in [0.717, 1.165) is 13.2 Å². The Bertz CT molecular complexity index is 309. The SMILES string of the molecule is Cc1ccc(C2CNC(C)(C)CO2)s1. The fraction of sp³-hybridized carbons (Fsp3) is 0.636. The molecule has 0 radical (unpaired) electrons. The third kappa shape index (κ3) is 2.16. The van der Waals surface area contributed by atoms with Gasteiger partial charge in [-0.15, -0.1) is 11.3 Å². The van der Waals surface area contributed by atoms with Gasteiger partial charge in [0.1, 0.15) is 6.10 Å². The lowest BCUT2D eigenvalue weighted by molar-refractivity contribution is -0.0211. The Morgan fingerprint density at radius 3 is 2.79 bits per heavy atom. The highest BCUT2D eigenvalue weighted by Gasteiger charge is 2.28. The average Bonchev–Trinajstić information content (AvgIpc) is 2.52. The van der Waals surface area contributed by atoms with Gasteiger partial charge in [0.2, 0.25) is 0 Å². The van der Waals surface area contributed by atoms with Crippen LogP contribution in [0.4, 0.5) is 0 Å². The van der Waals surface area contributed by atoms with E-state index >= 15 is 0 Å². The number of nitrogens with one attached hydrogen (secondary N) is 1. The van der Waals surface area contributed by atoms with Crippen LogP contribution < -0.4 is 5.32 Å². The van der Waals surface area contributed by atoms with Gasteiger partial charge in [-0.05, 0) is 32.9 Å². The Balaban J connectivity index is 2.02. The lowest BCUT2D eigenvalue weighted by Crippen LogP contribution is -2.50. The third-order valence-corrected chi connectivity index (χ3v) is 3.58. The van der Waals surface area contributed by atoms with E-state index in [1.807, 2.05) is 11.3 Å². The fourth-order valence-corrected chi connectivity index (χ4v) is 2.52. The van der Waals surface area contributed by atoms with Crippen molar-refractivity contribution < 1.29 is 4.74 Å². The molecular weight excluding hydrogens is 194 g/mol. The van der Waals surface area contributed by atoms with Crippen LogP contribution in [0, 0.1) is 6.92 Å². The summed E-state index contributed by atoms with van der Waals surface area (Å²) in [6.07, 6.45) is 0.252. The molecule has 78 valence electrons. The number of rotatable bonds is 1. The van der Waals surface area contributed by atoms with Gasteiger partial charge in [0.15, 0.2) is 0 Å². The summed E-state index contributed by atoms with van der Waals surface area (Å²) in [7, 11) is 0. The average molecular weight is 211 g/mol. The molecule has 1 aliphatic rings. The monoisotopic (exact) mass is 211 g/mol. The smallest absolute Gasteiger partial charge is 0.104 e. The first-order valence-corrected chi connectivity index (χ1v) is 5.81. The second kappa shape index (κ2) is 3.65. The van der Waals surface area contributed by atoms with Crippen LogP contribution >= 0.6 is 11.3 Å². The van der Waals surface area contributed by atoms with E-state index < -0.39 is 0 Å². The number of hydrogen-bond donors (Lipinski definition) is 1. The molecule has 14 heavy (non-hydrogen) atoms. The quantitative estimate of drug-likeness (QED) is 0.770. The second-order valence-electron chi connectivity index (χ2n) is 4.51. The van der Waals surface area contributed by atoms with Crippen LogP contribution in [0.15, 0.2) is 12.1 Å². The largest absolute Gasteiger partial charge is 0.369 e. The molecule has 2 rings (SSSR count). The molecule has 1 aromatic rings. The maximum atomic E-state index is 5.84. The van der Waals surface area contributed by atoms with E-state index in [4.69, 9.17) is 4.74 Å². The van der Waals surface area contributed by atoms with Gasteiger partial charge in [-0.1, -0.05) is 0 Å². The highest BCUT2D eigenvalue weighted by atomic mass is 32.1. The second-order valence-corrected chi connectivity index (χ2v) is 5.83. The summed E-state index contributed by atoms with van der Waals surface area (Å²) in [6.45, 7) is 8.18. The van der Waals surface area contributed by atoms with Crippen molar-refractivity contribution in [3.8, 4) is 0 Å². The first kappa shape index (κ1) is 10.1. The van der Waals surface area contributed by atoms with Gasteiger partial charge in [0.05, 0.1) is 6.61 Å². The zero-order valence-corrected chi connectivity index (χ0v) is 9.78. The first-order valence-electron chi connectivity index (χ1n) is 5.00. The van der Waals surface area contributed by atoms with E-state index in [9.17, 15) is 0 Å². The fourth-order valence-electron chi connectivity index (χ4n) is 1.60. The van der Waals surface area contributed by atoms with E-state index in [2.05, 4.69) is 38.2 Å². The van der Waals surface area contributed by atoms with Crippen molar-refractivity contribution in [1.29, 1.82) is 0 Å². The third-order valence-electron chi connectivity index (χ3n) is 2.49. The summed E-state index contributed by atoms with van der Waals surface area (Å²) in [5.41, 5.74) is 0.128. The van der Waals surface area contributed by atoms with Crippen LogP contribution in [0.3, 0.4) is 0 Å². The molecule has 1 fully saturated rings. The molecule has 0 amide bonds. The molecule has 0 bridgehead atoms. The topological polar surface area (TPSA) is 21.3 Å². The van der Waals surface area contributed by atoms with Gasteiger partial charge >= 0.3 is 0 Å². The predicted octanol–water partition coefficient (Wildman–Crippen LogP) is 2.50. The Morgan fingerprint density at radius 1 is 1.50 bits per heavy atom. The van der Waals surface area contributed by atoms with Crippen molar-refractivity contribution in [2.75, 3.05) is 13.2 Å². The van der Waals surface area contributed by atoms with Crippen LogP contribution in [0.5, 0.6) is 0 Å². The summed E-state index contributed by atoms with van der Waals surface area (Å²) >= 11 is 1.83. The zero-order chi connectivity index (χ0) is 10.2. The van der Waals surface area contributed by atoms with E-state index in [1.54, 1.807) is 0 Å². The molecule has 0 aliphatic carbocycles. The standard InChI is InChI=1S/C11H17NOS/c1-8-4-5-10(14-8)9-6-12-11(2,3)7-13-9/h4-5,9,12H,6-7H2,1-3H3. The molecule has 0 saturated carbocycles. The van der Waals surface area contributed by atoms with Crippen molar-refractivity contribution in [1.82, 2.24) is 5.32 Å². The summed E-state index contributed by atoms with van der Waals surface area (Å²) in [6, 6.07) is 4.33. The number of morpholine rings is 1. The van der Waals surface area contributed by atoms with Crippen LogP contribution in [0.25, 0.3) is 0 Å². The van der Waals surface area contributed by atoms with Crippen molar-refractivity contribution in [2.24, 2.45) is 0 Å². The van der Waals surface area contributed by atoms with Gasteiger partial charge in [-0.25, -0.2) is 0 Å².